The minimum atomic E-state index is -0.440. The highest BCUT2D eigenvalue weighted by Crippen LogP contribution is 2.01. The normalized spacial score (nSPS) is 26.9. The first-order chi connectivity index (χ1) is 6.63. The van der Waals surface area contributed by atoms with Crippen LogP contribution in [0.1, 0.15) is 20.3 Å². The van der Waals surface area contributed by atoms with Gasteiger partial charge in [0.1, 0.15) is 0 Å². The van der Waals surface area contributed by atoms with Gasteiger partial charge in [-0.3, -0.25) is 9.59 Å². The maximum atomic E-state index is 11.4. The molecule has 0 spiro atoms. The smallest absolute Gasteiger partial charge is 0.307 e. The molecule has 1 aliphatic rings. The second kappa shape index (κ2) is 4.95. The lowest BCUT2D eigenvalue weighted by Gasteiger charge is -2.27. The highest BCUT2D eigenvalue weighted by molar-refractivity contribution is 5.87. The van der Waals surface area contributed by atoms with E-state index < -0.39 is 6.04 Å². The molecule has 1 saturated heterocycles. The molecule has 5 heteroatoms. The van der Waals surface area contributed by atoms with Gasteiger partial charge in [0.15, 0.2) is 0 Å². The van der Waals surface area contributed by atoms with Crippen molar-refractivity contribution in [3.05, 3.63) is 0 Å². The Kier molecular flexibility index (Phi) is 3.88. The first kappa shape index (κ1) is 11.0. The lowest BCUT2D eigenvalue weighted by molar-refractivity contribution is -0.145. The number of rotatable bonds is 3. The van der Waals surface area contributed by atoms with Crippen LogP contribution in [0.15, 0.2) is 0 Å². The minimum Gasteiger partial charge on any atom is -0.466 e. The number of carbonyl (C=O) groups excluding carboxylic acids is 2. The fourth-order valence-corrected chi connectivity index (χ4v) is 1.36. The molecular formula is C9H16N2O3. The number of ether oxygens (including phenoxy) is 1. The molecule has 5 nitrogen and oxygen atoms in total. The molecule has 0 aliphatic carbocycles. The Morgan fingerprint density at radius 1 is 1.64 bits per heavy atom. The Hall–Kier alpha value is -1.10. The van der Waals surface area contributed by atoms with Crippen molar-refractivity contribution >= 4 is 11.9 Å². The number of esters is 1. The topological polar surface area (TPSA) is 67.4 Å². The van der Waals surface area contributed by atoms with Crippen LogP contribution in [0.5, 0.6) is 0 Å². The van der Waals surface area contributed by atoms with E-state index in [0.717, 1.165) is 0 Å². The van der Waals surface area contributed by atoms with Gasteiger partial charge in [-0.25, -0.2) is 0 Å². The maximum Gasteiger partial charge on any atom is 0.307 e. The van der Waals surface area contributed by atoms with Crippen molar-refractivity contribution in [2.75, 3.05) is 13.2 Å². The predicted molar refractivity (Wildman–Crippen MR) is 50.6 cm³/mol. The minimum absolute atomic E-state index is 0.104. The van der Waals surface area contributed by atoms with Gasteiger partial charge < -0.3 is 15.4 Å². The molecule has 0 aromatic carbocycles. The van der Waals surface area contributed by atoms with Gasteiger partial charge in [0.2, 0.25) is 5.91 Å². The lowest BCUT2D eigenvalue weighted by atomic mass is 10.1. The summed E-state index contributed by atoms with van der Waals surface area (Å²) in [5.74, 6) is -0.466. The van der Waals surface area contributed by atoms with Crippen LogP contribution in [0.2, 0.25) is 0 Å². The number of amides is 1. The number of nitrogens with one attached hydrogen (secondary N) is 2. The summed E-state index contributed by atoms with van der Waals surface area (Å²) >= 11 is 0. The van der Waals surface area contributed by atoms with Crippen LogP contribution in [0.4, 0.5) is 0 Å². The first-order valence-corrected chi connectivity index (χ1v) is 4.83. The van der Waals surface area contributed by atoms with E-state index >= 15 is 0 Å². The van der Waals surface area contributed by atoms with Crippen molar-refractivity contribution < 1.29 is 14.3 Å². The Balaban J connectivity index is 2.37. The largest absolute Gasteiger partial charge is 0.466 e. The molecule has 80 valence electrons. The lowest BCUT2D eigenvalue weighted by Crippen LogP contribution is -2.57. The van der Waals surface area contributed by atoms with Gasteiger partial charge in [-0.05, 0) is 13.8 Å². The van der Waals surface area contributed by atoms with Gasteiger partial charge in [-0.1, -0.05) is 0 Å². The van der Waals surface area contributed by atoms with Gasteiger partial charge in [0.25, 0.3) is 0 Å². The summed E-state index contributed by atoms with van der Waals surface area (Å²) < 4.78 is 4.76. The third kappa shape index (κ3) is 2.99. The fourth-order valence-electron chi connectivity index (χ4n) is 1.36. The van der Waals surface area contributed by atoms with E-state index in [1.807, 2.05) is 6.92 Å². The zero-order chi connectivity index (χ0) is 10.6. The average molecular weight is 200 g/mol. The molecule has 0 bridgehead atoms. The molecule has 14 heavy (non-hydrogen) atoms. The molecule has 0 radical (unpaired) electrons. The van der Waals surface area contributed by atoms with Gasteiger partial charge in [-0.15, -0.1) is 0 Å². The van der Waals surface area contributed by atoms with Crippen molar-refractivity contribution in [1.82, 2.24) is 10.6 Å². The quantitative estimate of drug-likeness (QED) is 0.598. The second-order valence-corrected chi connectivity index (χ2v) is 3.38. The molecule has 0 aromatic heterocycles. The van der Waals surface area contributed by atoms with E-state index in [2.05, 4.69) is 10.6 Å². The standard InChI is InChI=1S/C9H16N2O3/c1-3-14-8(12)4-7-9(13)11-6(2)5-10-7/h6-7,10H,3-5H2,1-2H3,(H,11,13). The Bertz CT molecular complexity index is 230. The predicted octanol–water partition coefficient (Wildman–Crippen LogP) is -0.584. The van der Waals surface area contributed by atoms with Crippen LogP contribution >= 0.6 is 0 Å². The summed E-state index contributed by atoms with van der Waals surface area (Å²) in [6.07, 6.45) is 0.104. The van der Waals surface area contributed by atoms with E-state index in [1.165, 1.54) is 0 Å². The van der Waals surface area contributed by atoms with Gasteiger partial charge in [0, 0.05) is 12.6 Å². The second-order valence-electron chi connectivity index (χ2n) is 3.38. The molecule has 0 aromatic rings. The molecular weight excluding hydrogens is 184 g/mol. The Morgan fingerprint density at radius 2 is 2.36 bits per heavy atom. The summed E-state index contributed by atoms with van der Waals surface area (Å²) in [4.78, 5) is 22.5. The summed E-state index contributed by atoms with van der Waals surface area (Å²) in [5.41, 5.74) is 0. The first-order valence-electron chi connectivity index (χ1n) is 4.83. The third-order valence-corrected chi connectivity index (χ3v) is 2.05. The van der Waals surface area contributed by atoms with Gasteiger partial charge >= 0.3 is 5.97 Å². The third-order valence-electron chi connectivity index (χ3n) is 2.05. The molecule has 1 fully saturated rings. The molecule has 1 heterocycles. The Labute approximate surface area is 83.2 Å². The van der Waals surface area contributed by atoms with Crippen LogP contribution in [-0.4, -0.2) is 37.1 Å². The SMILES string of the molecule is CCOC(=O)CC1NCC(C)NC1=O. The van der Waals surface area contributed by atoms with Gasteiger partial charge in [-0.2, -0.15) is 0 Å². The zero-order valence-electron chi connectivity index (χ0n) is 8.50. The van der Waals surface area contributed by atoms with E-state index in [9.17, 15) is 9.59 Å². The van der Waals surface area contributed by atoms with Crippen LogP contribution in [0.3, 0.4) is 0 Å². The summed E-state index contributed by atoms with van der Waals surface area (Å²) in [6, 6.07) is -0.314. The molecule has 1 aliphatic heterocycles. The maximum absolute atomic E-state index is 11.4. The number of hydrogen-bond donors (Lipinski definition) is 2. The van der Waals surface area contributed by atoms with E-state index in [0.29, 0.717) is 13.2 Å². The van der Waals surface area contributed by atoms with E-state index in [1.54, 1.807) is 6.92 Å². The summed E-state index contributed by atoms with van der Waals surface area (Å²) in [5, 5.41) is 5.76. The fraction of sp³-hybridized carbons (Fsp3) is 0.778. The molecule has 2 atom stereocenters. The van der Waals surface area contributed by atoms with Crippen LogP contribution in [0.25, 0.3) is 0 Å². The number of piperazine rings is 1. The van der Waals surface area contributed by atoms with Crippen molar-refractivity contribution in [3.8, 4) is 0 Å². The van der Waals surface area contributed by atoms with E-state index in [-0.39, 0.29) is 24.3 Å². The highest BCUT2D eigenvalue weighted by Gasteiger charge is 2.27. The van der Waals surface area contributed by atoms with Crippen molar-refractivity contribution in [3.63, 3.8) is 0 Å². The average Bonchev–Trinajstić information content (AvgIpc) is 2.10. The van der Waals surface area contributed by atoms with Crippen LogP contribution in [-0.2, 0) is 14.3 Å². The van der Waals surface area contributed by atoms with Crippen LogP contribution < -0.4 is 10.6 Å². The zero-order valence-corrected chi connectivity index (χ0v) is 8.50. The molecule has 1 amide bonds. The number of hydrogen-bond acceptors (Lipinski definition) is 4. The van der Waals surface area contributed by atoms with Crippen LogP contribution in [0, 0.1) is 0 Å². The number of carbonyl (C=O) groups is 2. The summed E-state index contributed by atoms with van der Waals surface area (Å²) in [6.45, 7) is 4.69. The van der Waals surface area contributed by atoms with Gasteiger partial charge in [0.05, 0.1) is 19.1 Å². The van der Waals surface area contributed by atoms with E-state index in [4.69, 9.17) is 4.74 Å². The van der Waals surface area contributed by atoms with Crippen molar-refractivity contribution in [1.29, 1.82) is 0 Å². The highest BCUT2D eigenvalue weighted by atomic mass is 16.5. The molecule has 1 rings (SSSR count). The molecule has 2 N–H and O–H groups in total. The monoisotopic (exact) mass is 200 g/mol. The van der Waals surface area contributed by atoms with Crippen molar-refractivity contribution in [2.45, 2.75) is 32.4 Å². The summed E-state index contributed by atoms with van der Waals surface area (Å²) in [7, 11) is 0. The Morgan fingerprint density at radius 3 is 2.93 bits per heavy atom. The molecule has 0 saturated carbocycles. The van der Waals surface area contributed by atoms with Crippen molar-refractivity contribution in [2.24, 2.45) is 0 Å². The molecule has 2 unspecified atom stereocenters.